The van der Waals surface area contributed by atoms with Crippen molar-refractivity contribution in [3.05, 3.63) is 28.7 Å². The summed E-state index contributed by atoms with van der Waals surface area (Å²) in [6.45, 7) is 6.02. The highest BCUT2D eigenvalue weighted by Crippen LogP contribution is 2.14. The van der Waals surface area contributed by atoms with Crippen molar-refractivity contribution in [1.29, 1.82) is 0 Å². The Hall–Kier alpha value is -3.17. The maximum Gasteiger partial charge on any atom is 0.325 e. The van der Waals surface area contributed by atoms with E-state index in [0.29, 0.717) is 49.7 Å². The molecule has 0 aliphatic carbocycles. The molecule has 0 saturated carbocycles. The van der Waals surface area contributed by atoms with Gasteiger partial charge in [-0.2, -0.15) is 0 Å². The number of hydrogen-bond donors (Lipinski definition) is 1. The quantitative estimate of drug-likeness (QED) is 0.729. The molecule has 0 atom stereocenters. The third-order valence-electron chi connectivity index (χ3n) is 4.56. The van der Waals surface area contributed by atoms with Crippen LogP contribution in [0.25, 0.3) is 11.2 Å². The summed E-state index contributed by atoms with van der Waals surface area (Å²) in [6, 6.07) is 3.29. The average molecular weight is 388 g/mol. The Morgan fingerprint density at radius 3 is 2.64 bits per heavy atom. The van der Waals surface area contributed by atoms with Gasteiger partial charge in [-0.15, -0.1) is 0 Å². The van der Waals surface area contributed by atoms with Gasteiger partial charge in [0.1, 0.15) is 12.1 Å². The van der Waals surface area contributed by atoms with Crippen LogP contribution in [0.4, 0.5) is 10.6 Å². The van der Waals surface area contributed by atoms with Gasteiger partial charge in [0.25, 0.3) is 5.56 Å². The number of fused-ring (bicyclic) bond motifs is 1. The zero-order valence-corrected chi connectivity index (χ0v) is 16.1. The van der Waals surface area contributed by atoms with Crippen LogP contribution in [-0.2, 0) is 16.1 Å². The number of anilines is 1. The van der Waals surface area contributed by atoms with Crippen molar-refractivity contribution < 1.29 is 14.3 Å². The van der Waals surface area contributed by atoms with Crippen LogP contribution in [0.15, 0.2) is 23.1 Å². The van der Waals surface area contributed by atoms with Crippen LogP contribution in [-0.4, -0.2) is 70.8 Å². The average Bonchev–Trinajstić information content (AvgIpc) is 2.72. The molecule has 2 aromatic heterocycles. The molecule has 3 rings (SSSR count). The number of carbonyl (C=O) groups excluding carboxylic acids is 2. The molecule has 0 radical (unpaired) electrons. The number of pyridine rings is 1. The second kappa shape index (κ2) is 8.68. The van der Waals surface area contributed by atoms with Crippen molar-refractivity contribution in [3.8, 4) is 0 Å². The third kappa shape index (κ3) is 4.05. The number of carbonyl (C=O) groups is 2. The van der Waals surface area contributed by atoms with Crippen molar-refractivity contribution in [1.82, 2.24) is 24.8 Å². The van der Waals surface area contributed by atoms with Crippen molar-refractivity contribution in [2.24, 2.45) is 0 Å². The predicted molar refractivity (Wildman–Crippen MR) is 103 cm³/mol. The molecule has 1 saturated heterocycles. The van der Waals surface area contributed by atoms with Gasteiger partial charge in [0.2, 0.25) is 0 Å². The van der Waals surface area contributed by atoms with E-state index in [2.05, 4.69) is 15.3 Å². The topological polar surface area (TPSA) is 110 Å². The molecule has 1 fully saturated rings. The first-order valence-electron chi connectivity index (χ1n) is 9.34. The van der Waals surface area contributed by atoms with E-state index in [-0.39, 0.29) is 24.7 Å². The molecule has 2 amide bonds. The highest BCUT2D eigenvalue weighted by atomic mass is 16.5. The number of esters is 1. The lowest BCUT2D eigenvalue weighted by Gasteiger charge is -2.35. The Morgan fingerprint density at radius 1 is 1.21 bits per heavy atom. The van der Waals surface area contributed by atoms with Gasteiger partial charge in [-0.1, -0.05) is 0 Å². The van der Waals surface area contributed by atoms with Crippen molar-refractivity contribution in [2.45, 2.75) is 20.4 Å². The summed E-state index contributed by atoms with van der Waals surface area (Å²) in [7, 11) is 0. The first kappa shape index (κ1) is 19.6. The minimum absolute atomic E-state index is 0.159. The summed E-state index contributed by atoms with van der Waals surface area (Å²) >= 11 is 0. The Labute approximate surface area is 162 Å². The molecule has 2 aromatic rings. The Balaban J connectivity index is 1.68. The minimum atomic E-state index is -0.469. The highest BCUT2D eigenvalue weighted by molar-refractivity contribution is 5.81. The van der Waals surface area contributed by atoms with Crippen LogP contribution >= 0.6 is 0 Å². The molecule has 0 bridgehead atoms. The maximum absolute atomic E-state index is 12.8. The molecular weight excluding hydrogens is 364 g/mol. The number of rotatable bonds is 5. The molecule has 1 N–H and O–H groups in total. The fourth-order valence-corrected chi connectivity index (χ4v) is 3.15. The largest absolute Gasteiger partial charge is 0.465 e. The first-order valence-corrected chi connectivity index (χ1v) is 9.34. The zero-order chi connectivity index (χ0) is 20.1. The Morgan fingerprint density at radius 2 is 1.96 bits per heavy atom. The fraction of sp³-hybridized carbons (Fsp3) is 0.500. The van der Waals surface area contributed by atoms with Crippen LogP contribution in [0.2, 0.25) is 0 Å². The summed E-state index contributed by atoms with van der Waals surface area (Å²) in [6.07, 6.45) is 1.64. The number of amides is 2. The minimum Gasteiger partial charge on any atom is -0.465 e. The summed E-state index contributed by atoms with van der Waals surface area (Å²) in [4.78, 5) is 48.7. The molecule has 1 aliphatic heterocycles. The highest BCUT2D eigenvalue weighted by Gasteiger charge is 2.25. The lowest BCUT2D eigenvalue weighted by molar-refractivity contribution is -0.141. The van der Waals surface area contributed by atoms with E-state index in [1.165, 1.54) is 0 Å². The van der Waals surface area contributed by atoms with E-state index < -0.39 is 5.97 Å². The smallest absolute Gasteiger partial charge is 0.325 e. The van der Waals surface area contributed by atoms with Crippen LogP contribution in [0.5, 0.6) is 0 Å². The van der Waals surface area contributed by atoms with E-state index >= 15 is 0 Å². The molecular formula is C18H24N6O4. The molecule has 0 unspecified atom stereocenters. The number of aromatic nitrogens is 3. The third-order valence-corrected chi connectivity index (χ3v) is 4.56. The lowest BCUT2D eigenvalue weighted by Crippen LogP contribution is -2.53. The van der Waals surface area contributed by atoms with Crippen LogP contribution in [0.1, 0.15) is 13.8 Å². The number of urea groups is 1. The molecule has 3 heterocycles. The second-order valence-corrected chi connectivity index (χ2v) is 6.27. The van der Waals surface area contributed by atoms with Gasteiger partial charge in [0, 0.05) is 38.9 Å². The molecule has 0 aromatic carbocycles. The van der Waals surface area contributed by atoms with E-state index in [1.807, 2.05) is 17.9 Å². The van der Waals surface area contributed by atoms with E-state index in [1.54, 1.807) is 28.7 Å². The maximum atomic E-state index is 12.8. The number of piperazine rings is 1. The van der Waals surface area contributed by atoms with Crippen LogP contribution in [0.3, 0.4) is 0 Å². The van der Waals surface area contributed by atoms with Gasteiger partial charge in [0.05, 0.1) is 6.61 Å². The van der Waals surface area contributed by atoms with Gasteiger partial charge in [-0.05, 0) is 26.0 Å². The van der Waals surface area contributed by atoms with Gasteiger partial charge in [0.15, 0.2) is 11.5 Å². The molecule has 10 heteroatoms. The van der Waals surface area contributed by atoms with Crippen molar-refractivity contribution in [2.75, 3.05) is 44.2 Å². The fourth-order valence-electron chi connectivity index (χ4n) is 3.15. The number of nitrogens with one attached hydrogen (secondary N) is 1. The second-order valence-electron chi connectivity index (χ2n) is 6.27. The summed E-state index contributed by atoms with van der Waals surface area (Å²) in [5, 5.41) is 2.55. The molecule has 0 spiro atoms. The normalized spacial score (nSPS) is 14.2. The number of aryl methyl sites for hydroxylation is 1. The Bertz CT molecular complexity index is 920. The van der Waals surface area contributed by atoms with Gasteiger partial charge in [-0.3, -0.25) is 14.2 Å². The SMILES string of the molecule is CCOC(=O)CNC(=O)N1CCN(c2nc3cccnc3n(CC)c2=O)CC1. The van der Waals surface area contributed by atoms with Gasteiger partial charge in [-0.25, -0.2) is 14.8 Å². The van der Waals surface area contributed by atoms with Crippen LogP contribution < -0.4 is 15.8 Å². The number of ether oxygens (including phenoxy) is 1. The van der Waals surface area contributed by atoms with E-state index in [0.717, 1.165) is 0 Å². The Kier molecular flexibility index (Phi) is 6.07. The van der Waals surface area contributed by atoms with Gasteiger partial charge < -0.3 is 19.9 Å². The summed E-state index contributed by atoms with van der Waals surface area (Å²) in [5.74, 6) is -0.0995. The monoisotopic (exact) mass is 388 g/mol. The molecule has 28 heavy (non-hydrogen) atoms. The van der Waals surface area contributed by atoms with E-state index in [4.69, 9.17) is 4.74 Å². The summed E-state index contributed by atoms with van der Waals surface area (Å²) < 4.78 is 6.40. The van der Waals surface area contributed by atoms with Crippen molar-refractivity contribution >= 4 is 29.0 Å². The standard InChI is InChI=1S/C18H24N6O4/c1-3-24-15-13(6-5-7-19-15)21-16(17(24)26)22-8-10-23(11-9-22)18(27)20-12-14(25)28-4-2/h5-7H,3-4,8-12H2,1-2H3,(H,20,27). The van der Waals surface area contributed by atoms with Gasteiger partial charge >= 0.3 is 12.0 Å². The lowest BCUT2D eigenvalue weighted by atomic mass is 10.3. The molecule has 150 valence electrons. The number of hydrogen-bond acceptors (Lipinski definition) is 7. The predicted octanol–water partition coefficient (Wildman–Crippen LogP) is 0.206. The van der Waals surface area contributed by atoms with Crippen LogP contribution in [0, 0.1) is 0 Å². The number of nitrogens with zero attached hydrogens (tertiary/aromatic N) is 5. The zero-order valence-electron chi connectivity index (χ0n) is 16.1. The first-order chi connectivity index (χ1) is 13.5. The molecule has 10 nitrogen and oxygen atoms in total. The van der Waals surface area contributed by atoms with E-state index in [9.17, 15) is 14.4 Å². The van der Waals surface area contributed by atoms with Crippen molar-refractivity contribution in [3.63, 3.8) is 0 Å². The summed E-state index contributed by atoms with van der Waals surface area (Å²) in [5.41, 5.74) is 1.04. The molecule has 1 aliphatic rings.